The number of hydrogen-bond acceptors (Lipinski definition) is 11. The van der Waals surface area contributed by atoms with E-state index < -0.39 is 10.0 Å². The molecule has 0 unspecified atom stereocenters. The number of allylic oxidation sites excluding steroid dienone is 1. The van der Waals surface area contributed by atoms with Gasteiger partial charge >= 0.3 is 0 Å². The van der Waals surface area contributed by atoms with Crippen molar-refractivity contribution in [2.24, 2.45) is 0 Å². The number of carbonyl (C=O) groups is 1. The lowest BCUT2D eigenvalue weighted by atomic mass is 10.0. The van der Waals surface area contributed by atoms with Crippen LogP contribution in [0.2, 0.25) is 0 Å². The van der Waals surface area contributed by atoms with Crippen molar-refractivity contribution < 1.29 is 13.2 Å². The van der Waals surface area contributed by atoms with E-state index >= 15 is 0 Å². The summed E-state index contributed by atoms with van der Waals surface area (Å²) in [6.45, 7) is 18.5. The predicted molar refractivity (Wildman–Crippen MR) is 280 cm³/mol. The SMILES string of the molecule is C#Cc1ccc(C)c(-c2csc(N)n2)c1.C=CC.CC.Cc1ccc(Br)cc1-c1csc(N)n1.Cc1ccc(C)c(-c2csc(NC(=O)c3ccc(S(=O)(=O)N4CCCCC4)cc3)n2)c1. The molecule has 4 aromatic carbocycles. The monoisotopic (exact) mass is 1010 g/mol. The average molecular weight is 1010 g/mol. The second-order valence-electron chi connectivity index (χ2n) is 14.5. The van der Waals surface area contributed by atoms with Gasteiger partial charge in [0, 0.05) is 61.5 Å². The number of anilines is 3. The number of nitrogens with two attached hydrogens (primary N) is 2. The van der Waals surface area contributed by atoms with Gasteiger partial charge in [-0.05, 0) is 119 Å². The maximum absolute atomic E-state index is 12.8. The van der Waals surface area contributed by atoms with Gasteiger partial charge in [0.15, 0.2) is 15.4 Å². The smallest absolute Gasteiger partial charge is 0.257 e. The normalized spacial score (nSPS) is 12.0. The third-order valence-electron chi connectivity index (χ3n) is 9.66. The average Bonchev–Trinajstić information content (AvgIpc) is 4.09. The van der Waals surface area contributed by atoms with Crippen molar-refractivity contribution in [2.75, 3.05) is 29.9 Å². The van der Waals surface area contributed by atoms with Gasteiger partial charge in [-0.3, -0.25) is 10.1 Å². The fraction of sp³-hybridized carbons (Fsp3) is 0.240. The van der Waals surface area contributed by atoms with Gasteiger partial charge in [-0.2, -0.15) is 4.31 Å². The number of aryl methyl sites for hydroxylation is 4. The van der Waals surface area contributed by atoms with Crippen LogP contribution in [0.4, 0.5) is 15.4 Å². The fourth-order valence-electron chi connectivity index (χ4n) is 6.35. The van der Waals surface area contributed by atoms with E-state index in [-0.39, 0.29) is 10.8 Å². The summed E-state index contributed by atoms with van der Waals surface area (Å²) in [4.78, 5) is 25.9. The van der Waals surface area contributed by atoms with Crippen molar-refractivity contribution in [3.63, 3.8) is 0 Å². The molecule has 15 heteroatoms. The quantitative estimate of drug-likeness (QED) is 0.105. The summed E-state index contributed by atoms with van der Waals surface area (Å²) in [5.41, 5.74) is 23.0. The third kappa shape index (κ3) is 14.8. The standard InChI is InChI=1S/C23H25N3O3S2.C12H10N2S.C10H9BrN2S.C3H6.C2H6/c1-16-6-7-17(2)20(14-16)21-15-30-23(24-21)25-22(27)18-8-10-19(11-9-18)31(28,29)26-12-4-3-5-13-26;1-3-9-5-4-8(2)10(6-9)11-7-15-12(13)14-11;1-6-2-3-7(11)4-8(6)9-5-14-10(12)13-9;1-3-2;1-2/h6-11,14-15H,3-5,12-13H2,1-2H3,(H,24,25,27);1,4-7H,2H3,(H2,13,14);2-5H,1H3,(H2,12,13);3H,1H2,2H3;1-2H3. The van der Waals surface area contributed by atoms with Gasteiger partial charge in [-0.1, -0.05) is 78.0 Å². The number of piperidine rings is 1. The molecule has 1 fully saturated rings. The first kappa shape index (κ1) is 52.2. The topological polar surface area (TPSA) is 157 Å². The Bertz CT molecular complexity index is 2820. The van der Waals surface area contributed by atoms with Crippen LogP contribution in [0.15, 0.2) is 117 Å². The van der Waals surface area contributed by atoms with E-state index in [1.54, 1.807) is 18.2 Å². The van der Waals surface area contributed by atoms with E-state index in [1.807, 2.05) is 81.9 Å². The van der Waals surface area contributed by atoms with E-state index in [9.17, 15) is 13.2 Å². The lowest BCUT2D eigenvalue weighted by molar-refractivity contribution is 0.102. The van der Waals surface area contributed by atoms with Gasteiger partial charge in [0.05, 0.1) is 22.0 Å². The molecule has 4 heterocycles. The Hall–Kier alpha value is -5.47. The van der Waals surface area contributed by atoms with Crippen LogP contribution in [0.3, 0.4) is 0 Å². The number of nitrogens with zero attached hydrogens (tertiary/aromatic N) is 4. The van der Waals surface area contributed by atoms with Crippen molar-refractivity contribution in [1.29, 1.82) is 0 Å². The minimum absolute atomic E-state index is 0.220. The molecule has 1 amide bonds. The molecule has 0 spiro atoms. The molecule has 0 atom stereocenters. The molecule has 0 radical (unpaired) electrons. The van der Waals surface area contributed by atoms with Gasteiger partial charge in [-0.15, -0.1) is 47.0 Å². The molecule has 0 bridgehead atoms. The zero-order chi connectivity index (χ0) is 47.7. The van der Waals surface area contributed by atoms with Crippen molar-refractivity contribution in [3.8, 4) is 46.1 Å². The maximum atomic E-state index is 12.8. The summed E-state index contributed by atoms with van der Waals surface area (Å²) < 4.78 is 28.1. The third-order valence-corrected chi connectivity index (χ3v) is 14.2. The van der Waals surface area contributed by atoms with Crippen LogP contribution in [0.1, 0.15) is 78.2 Å². The summed E-state index contributed by atoms with van der Waals surface area (Å²) in [7, 11) is -3.51. The summed E-state index contributed by atoms with van der Waals surface area (Å²) in [6, 6.07) is 24.3. The van der Waals surface area contributed by atoms with Crippen molar-refractivity contribution in [1.82, 2.24) is 19.3 Å². The van der Waals surface area contributed by atoms with Crippen LogP contribution < -0.4 is 16.8 Å². The highest BCUT2D eigenvalue weighted by Crippen LogP contribution is 2.31. The molecule has 0 aliphatic carbocycles. The second kappa shape index (κ2) is 25.3. The van der Waals surface area contributed by atoms with Crippen LogP contribution in [0.25, 0.3) is 33.8 Å². The number of thiazole rings is 3. The largest absolute Gasteiger partial charge is 0.375 e. The van der Waals surface area contributed by atoms with Gasteiger partial charge in [0.2, 0.25) is 10.0 Å². The number of halogens is 1. The summed E-state index contributed by atoms with van der Waals surface area (Å²) >= 11 is 7.71. The maximum Gasteiger partial charge on any atom is 0.257 e. The first-order chi connectivity index (χ1) is 31.1. The number of terminal acetylenes is 1. The highest BCUT2D eigenvalue weighted by Gasteiger charge is 2.26. The summed E-state index contributed by atoms with van der Waals surface area (Å²) in [5.74, 6) is 2.30. The van der Waals surface area contributed by atoms with E-state index in [0.717, 1.165) is 79.8 Å². The second-order valence-corrected chi connectivity index (χ2v) is 20.0. The molecule has 1 saturated heterocycles. The molecule has 1 aliphatic heterocycles. The minimum Gasteiger partial charge on any atom is -0.375 e. The zero-order valence-electron chi connectivity index (χ0n) is 37.8. The van der Waals surface area contributed by atoms with Gasteiger partial charge in [0.25, 0.3) is 5.91 Å². The number of amides is 1. The lowest BCUT2D eigenvalue weighted by Gasteiger charge is -2.25. The van der Waals surface area contributed by atoms with E-state index in [0.29, 0.717) is 34.0 Å². The number of aromatic nitrogens is 3. The number of carbonyl (C=O) groups excluding carboxylic acids is 1. The fourth-order valence-corrected chi connectivity index (χ4v) is 10.1. The van der Waals surface area contributed by atoms with Gasteiger partial charge in [-0.25, -0.2) is 23.4 Å². The molecule has 1 aliphatic rings. The first-order valence-corrected chi connectivity index (χ1v) is 25.8. The van der Waals surface area contributed by atoms with Gasteiger partial charge in [0.1, 0.15) is 0 Å². The predicted octanol–water partition coefficient (Wildman–Crippen LogP) is 13.2. The molecule has 8 rings (SSSR count). The number of hydrogen-bond donors (Lipinski definition) is 3. The molecule has 7 aromatic rings. The van der Waals surface area contributed by atoms with Crippen molar-refractivity contribution >= 4 is 81.3 Å². The molecule has 10 nitrogen and oxygen atoms in total. The Morgan fingerprint density at radius 3 is 1.78 bits per heavy atom. The van der Waals surface area contributed by atoms with Crippen LogP contribution in [-0.4, -0.2) is 46.7 Å². The van der Waals surface area contributed by atoms with E-state index in [1.165, 1.54) is 56.0 Å². The Morgan fingerprint density at radius 1 is 0.754 bits per heavy atom. The summed E-state index contributed by atoms with van der Waals surface area (Å²) in [5, 5.41) is 10.3. The molecule has 0 saturated carbocycles. The molecule has 3 aromatic heterocycles. The van der Waals surface area contributed by atoms with Crippen molar-refractivity contribution in [3.05, 3.63) is 146 Å². The highest BCUT2D eigenvalue weighted by atomic mass is 79.9. The van der Waals surface area contributed by atoms with Gasteiger partial charge < -0.3 is 11.5 Å². The lowest BCUT2D eigenvalue weighted by Crippen LogP contribution is -2.35. The highest BCUT2D eigenvalue weighted by molar-refractivity contribution is 9.10. The van der Waals surface area contributed by atoms with Crippen LogP contribution in [-0.2, 0) is 10.0 Å². The van der Waals surface area contributed by atoms with Crippen molar-refractivity contribution in [2.45, 2.75) is 72.6 Å². The van der Waals surface area contributed by atoms with E-state index in [2.05, 4.69) is 86.0 Å². The Balaban J connectivity index is 0.000000226. The molecule has 340 valence electrons. The minimum atomic E-state index is -3.51. The number of nitrogens with one attached hydrogen (secondary N) is 1. The molecule has 5 N–H and O–H groups in total. The Morgan fingerprint density at radius 2 is 1.25 bits per heavy atom. The summed E-state index contributed by atoms with van der Waals surface area (Å²) in [6.07, 6.45) is 9.95. The number of nitrogen functional groups attached to an aromatic ring is 2. The zero-order valence-corrected chi connectivity index (χ0v) is 42.7. The van der Waals surface area contributed by atoms with Crippen LogP contribution in [0, 0.1) is 40.0 Å². The molecular weight excluding hydrogens is 955 g/mol. The van der Waals surface area contributed by atoms with Crippen LogP contribution >= 0.6 is 49.9 Å². The molecular formula is C50H56BrN7O3S4. The number of rotatable bonds is 7. The Labute approximate surface area is 405 Å². The number of sulfonamides is 1. The Kier molecular flexibility index (Phi) is 20.3. The van der Waals surface area contributed by atoms with Crippen LogP contribution in [0.5, 0.6) is 0 Å². The number of benzene rings is 4. The molecule has 65 heavy (non-hydrogen) atoms. The van der Waals surface area contributed by atoms with E-state index in [4.69, 9.17) is 17.9 Å². The first-order valence-electron chi connectivity index (χ1n) is 20.9.